The number of ether oxygens (including phenoxy) is 1. The number of carbonyl (C=O) groups excluding carboxylic acids is 1. The minimum absolute atomic E-state index is 0.127. The lowest BCUT2D eigenvalue weighted by Crippen LogP contribution is -2.43. The maximum absolute atomic E-state index is 13.1. The van der Waals surface area contributed by atoms with E-state index < -0.39 is 11.5 Å². The Labute approximate surface area is 172 Å². The molecule has 1 atom stereocenters. The maximum Gasteiger partial charge on any atom is 0.232 e. The van der Waals surface area contributed by atoms with Crippen molar-refractivity contribution in [3.8, 4) is 5.75 Å². The lowest BCUT2D eigenvalue weighted by atomic mass is 9.90. The molecule has 1 amide bonds. The van der Waals surface area contributed by atoms with Crippen molar-refractivity contribution in [2.45, 2.75) is 24.9 Å². The molecular formula is C25H27NO3. The fourth-order valence-corrected chi connectivity index (χ4v) is 3.41. The number of nitrogens with one attached hydrogen (secondary N) is 1. The number of methoxy groups -OCH3 is 1. The van der Waals surface area contributed by atoms with Gasteiger partial charge >= 0.3 is 0 Å². The van der Waals surface area contributed by atoms with Crippen LogP contribution in [0.1, 0.15) is 29.5 Å². The van der Waals surface area contributed by atoms with Gasteiger partial charge in [-0.15, -0.1) is 0 Å². The van der Waals surface area contributed by atoms with Crippen molar-refractivity contribution >= 4 is 5.91 Å². The summed E-state index contributed by atoms with van der Waals surface area (Å²) < 4.78 is 5.17. The van der Waals surface area contributed by atoms with E-state index in [0.717, 1.165) is 22.4 Å². The number of carbonyl (C=O) groups is 1. The average molecular weight is 389 g/mol. The summed E-state index contributed by atoms with van der Waals surface area (Å²) in [5.74, 6) is 0.224. The lowest BCUT2D eigenvalue weighted by Gasteiger charge is -2.26. The predicted octanol–water partition coefficient (Wildman–Crippen LogP) is 3.94. The van der Waals surface area contributed by atoms with Crippen LogP contribution in [0.15, 0.2) is 84.9 Å². The first-order valence-electron chi connectivity index (χ1n) is 9.71. The van der Waals surface area contributed by atoms with Gasteiger partial charge in [0.15, 0.2) is 0 Å². The quantitative estimate of drug-likeness (QED) is 0.614. The van der Waals surface area contributed by atoms with Crippen molar-refractivity contribution < 1.29 is 14.6 Å². The third-order valence-corrected chi connectivity index (χ3v) is 4.92. The van der Waals surface area contributed by atoms with Crippen molar-refractivity contribution in [2.24, 2.45) is 0 Å². The zero-order chi connectivity index (χ0) is 20.7. The molecule has 29 heavy (non-hydrogen) atoms. The van der Waals surface area contributed by atoms with Gasteiger partial charge in [-0.05, 0) is 35.7 Å². The standard InChI is InChI=1S/C25H27NO3/c1-25(28,17-19-13-15-22(29-2)16-14-19)18-26-24(27)23(20-9-5-3-6-10-20)21-11-7-4-8-12-21/h3-16,23,28H,17-18H2,1-2H3,(H,26,27). The van der Waals surface area contributed by atoms with E-state index in [-0.39, 0.29) is 12.5 Å². The fourth-order valence-electron chi connectivity index (χ4n) is 3.41. The van der Waals surface area contributed by atoms with Crippen molar-refractivity contribution in [3.63, 3.8) is 0 Å². The highest BCUT2D eigenvalue weighted by atomic mass is 16.5. The van der Waals surface area contributed by atoms with Crippen molar-refractivity contribution in [1.29, 1.82) is 0 Å². The second-order valence-electron chi connectivity index (χ2n) is 7.49. The summed E-state index contributed by atoms with van der Waals surface area (Å²) in [5, 5.41) is 13.8. The molecule has 2 N–H and O–H groups in total. The molecular weight excluding hydrogens is 362 g/mol. The Hall–Kier alpha value is -3.11. The molecule has 150 valence electrons. The third kappa shape index (κ3) is 5.69. The summed E-state index contributed by atoms with van der Waals surface area (Å²) in [6.07, 6.45) is 0.429. The molecule has 3 aromatic rings. The second-order valence-corrected chi connectivity index (χ2v) is 7.49. The second kappa shape index (κ2) is 9.39. The van der Waals surface area contributed by atoms with Gasteiger partial charge in [0, 0.05) is 13.0 Å². The number of amides is 1. The predicted molar refractivity (Wildman–Crippen MR) is 115 cm³/mol. The molecule has 4 heteroatoms. The highest BCUT2D eigenvalue weighted by Crippen LogP contribution is 2.25. The average Bonchev–Trinajstić information content (AvgIpc) is 2.74. The third-order valence-electron chi connectivity index (χ3n) is 4.92. The molecule has 0 aromatic heterocycles. The Kier molecular flexibility index (Phi) is 6.68. The van der Waals surface area contributed by atoms with Crippen LogP contribution in [-0.2, 0) is 11.2 Å². The van der Waals surface area contributed by atoms with Crippen molar-refractivity contribution in [3.05, 3.63) is 102 Å². The van der Waals surface area contributed by atoms with Gasteiger partial charge in [0.2, 0.25) is 5.91 Å². The first-order valence-corrected chi connectivity index (χ1v) is 9.71. The smallest absolute Gasteiger partial charge is 0.232 e. The Balaban J connectivity index is 1.70. The molecule has 1 unspecified atom stereocenters. The van der Waals surface area contributed by atoms with Crippen molar-refractivity contribution in [1.82, 2.24) is 5.32 Å². The largest absolute Gasteiger partial charge is 0.497 e. The molecule has 3 rings (SSSR count). The minimum atomic E-state index is -1.07. The summed E-state index contributed by atoms with van der Waals surface area (Å²) >= 11 is 0. The Morgan fingerprint density at radius 1 is 0.931 bits per heavy atom. The van der Waals surface area contributed by atoms with Crippen LogP contribution in [0.2, 0.25) is 0 Å². The number of hydrogen-bond donors (Lipinski definition) is 2. The summed E-state index contributed by atoms with van der Waals surface area (Å²) in [5.41, 5.74) is 1.76. The zero-order valence-corrected chi connectivity index (χ0v) is 16.8. The number of benzene rings is 3. The van der Waals surface area contributed by atoms with E-state index in [1.807, 2.05) is 84.9 Å². The van der Waals surface area contributed by atoms with Crippen LogP contribution < -0.4 is 10.1 Å². The van der Waals surface area contributed by atoms with E-state index in [9.17, 15) is 9.90 Å². The highest BCUT2D eigenvalue weighted by molar-refractivity contribution is 5.87. The van der Waals surface area contributed by atoms with Crippen LogP contribution in [0.4, 0.5) is 0 Å². The molecule has 0 heterocycles. The van der Waals surface area contributed by atoms with Gasteiger partial charge < -0.3 is 15.2 Å². The molecule has 0 aliphatic carbocycles. The van der Waals surface area contributed by atoms with Crippen LogP contribution in [0.3, 0.4) is 0 Å². The molecule has 0 radical (unpaired) electrons. The summed E-state index contributed by atoms with van der Waals surface area (Å²) in [6.45, 7) is 1.89. The first-order chi connectivity index (χ1) is 14.0. The molecule has 0 saturated carbocycles. The van der Waals surface area contributed by atoms with Crippen LogP contribution >= 0.6 is 0 Å². The van der Waals surface area contributed by atoms with Crippen molar-refractivity contribution in [2.75, 3.05) is 13.7 Å². The molecule has 3 aromatic carbocycles. The molecule has 0 bridgehead atoms. The molecule has 0 fully saturated rings. The maximum atomic E-state index is 13.1. The van der Waals surface area contributed by atoms with E-state index in [1.165, 1.54) is 0 Å². The van der Waals surface area contributed by atoms with Crippen LogP contribution in [-0.4, -0.2) is 30.3 Å². The normalized spacial score (nSPS) is 13.0. The molecule has 0 aliphatic heterocycles. The zero-order valence-electron chi connectivity index (χ0n) is 16.8. The summed E-state index contributed by atoms with van der Waals surface area (Å²) in [6, 6.07) is 27.0. The van der Waals surface area contributed by atoms with Gasteiger partial charge in [0.25, 0.3) is 0 Å². The monoisotopic (exact) mass is 389 g/mol. The fraction of sp³-hybridized carbons (Fsp3) is 0.240. The van der Waals surface area contributed by atoms with Gasteiger partial charge in [-0.1, -0.05) is 72.8 Å². The van der Waals surface area contributed by atoms with E-state index in [0.29, 0.717) is 6.42 Å². The van der Waals surface area contributed by atoms with E-state index in [4.69, 9.17) is 4.74 Å². The summed E-state index contributed by atoms with van der Waals surface area (Å²) in [7, 11) is 1.62. The van der Waals surface area contributed by atoms with E-state index >= 15 is 0 Å². The van der Waals surface area contributed by atoms with E-state index in [2.05, 4.69) is 5.32 Å². The van der Waals surface area contributed by atoms with E-state index in [1.54, 1.807) is 14.0 Å². The molecule has 4 nitrogen and oxygen atoms in total. The Bertz CT molecular complexity index is 866. The lowest BCUT2D eigenvalue weighted by molar-refractivity contribution is -0.122. The minimum Gasteiger partial charge on any atom is -0.497 e. The first kappa shape index (κ1) is 20.6. The number of aliphatic hydroxyl groups is 1. The Morgan fingerprint density at radius 3 is 1.93 bits per heavy atom. The van der Waals surface area contributed by atoms with Gasteiger partial charge in [-0.3, -0.25) is 4.79 Å². The number of rotatable bonds is 8. The molecule has 0 saturated heterocycles. The number of hydrogen-bond acceptors (Lipinski definition) is 3. The van der Waals surface area contributed by atoms with Gasteiger partial charge in [-0.2, -0.15) is 0 Å². The summed E-state index contributed by atoms with van der Waals surface area (Å²) in [4.78, 5) is 13.1. The van der Waals surface area contributed by atoms with Gasteiger partial charge in [-0.25, -0.2) is 0 Å². The Morgan fingerprint density at radius 2 is 1.45 bits per heavy atom. The topological polar surface area (TPSA) is 58.6 Å². The SMILES string of the molecule is COc1ccc(CC(C)(O)CNC(=O)C(c2ccccc2)c2ccccc2)cc1. The van der Waals surface area contributed by atoms with Crippen LogP contribution in [0.5, 0.6) is 5.75 Å². The van der Waals surface area contributed by atoms with Crippen LogP contribution in [0, 0.1) is 0 Å². The highest BCUT2D eigenvalue weighted by Gasteiger charge is 2.26. The van der Waals surface area contributed by atoms with Crippen LogP contribution in [0.25, 0.3) is 0 Å². The van der Waals surface area contributed by atoms with Gasteiger partial charge in [0.05, 0.1) is 18.6 Å². The molecule has 0 spiro atoms. The molecule has 0 aliphatic rings. The van der Waals surface area contributed by atoms with Gasteiger partial charge in [0.1, 0.15) is 5.75 Å².